The molecular weight excluding hydrogens is 330 g/mol. The van der Waals surface area contributed by atoms with Gasteiger partial charge >= 0.3 is 5.97 Å². The molecule has 0 unspecified atom stereocenters. The van der Waals surface area contributed by atoms with E-state index in [4.69, 9.17) is 9.84 Å². The average Bonchev–Trinajstić information content (AvgIpc) is 2.60. The monoisotopic (exact) mass is 355 g/mol. The zero-order chi connectivity index (χ0) is 19.1. The highest BCUT2D eigenvalue weighted by Gasteiger charge is 2.11. The summed E-state index contributed by atoms with van der Waals surface area (Å²) < 4.78 is 5.10. The van der Waals surface area contributed by atoms with Crippen LogP contribution in [0.2, 0.25) is 0 Å². The number of ether oxygens (including phenoxy) is 1. The van der Waals surface area contributed by atoms with Gasteiger partial charge in [0.2, 0.25) is 5.91 Å². The Morgan fingerprint density at radius 1 is 1.08 bits per heavy atom. The van der Waals surface area contributed by atoms with E-state index in [1.807, 2.05) is 12.1 Å². The molecule has 1 N–H and O–H groups in total. The zero-order valence-electron chi connectivity index (χ0n) is 15.5. The SMILES string of the molecule is Cc1ccc(CCC(=O)N(C)Cc2ccc(OCC(=O)O)cc2)c(C)c1. The Kier molecular flexibility index (Phi) is 6.78. The molecule has 26 heavy (non-hydrogen) atoms. The van der Waals surface area contributed by atoms with Crippen LogP contribution in [0.1, 0.15) is 28.7 Å². The minimum atomic E-state index is -1.01. The molecule has 5 nitrogen and oxygen atoms in total. The highest BCUT2D eigenvalue weighted by atomic mass is 16.5. The molecule has 2 aromatic rings. The van der Waals surface area contributed by atoms with Gasteiger partial charge in [-0.15, -0.1) is 0 Å². The van der Waals surface area contributed by atoms with Crippen molar-refractivity contribution in [1.29, 1.82) is 0 Å². The predicted molar refractivity (Wildman–Crippen MR) is 100 cm³/mol. The summed E-state index contributed by atoms with van der Waals surface area (Å²) in [5.74, 6) is -0.417. The van der Waals surface area contributed by atoms with E-state index in [1.54, 1.807) is 24.1 Å². The number of carboxylic acid groups (broad SMARTS) is 1. The first kappa shape index (κ1) is 19.5. The van der Waals surface area contributed by atoms with Crippen LogP contribution in [0.4, 0.5) is 0 Å². The second kappa shape index (κ2) is 9.04. The van der Waals surface area contributed by atoms with Gasteiger partial charge in [-0.25, -0.2) is 4.79 Å². The third-order valence-electron chi connectivity index (χ3n) is 4.24. The summed E-state index contributed by atoms with van der Waals surface area (Å²) in [7, 11) is 1.79. The molecule has 0 bridgehead atoms. The molecular formula is C21H25NO4. The van der Waals surface area contributed by atoms with Gasteiger partial charge in [0.05, 0.1) is 0 Å². The quantitative estimate of drug-likeness (QED) is 0.788. The summed E-state index contributed by atoms with van der Waals surface area (Å²) in [6.07, 6.45) is 1.21. The number of aliphatic carboxylic acids is 1. The number of nitrogens with zero attached hydrogens (tertiary/aromatic N) is 1. The molecule has 0 atom stereocenters. The number of aryl methyl sites for hydroxylation is 3. The molecule has 0 fully saturated rings. The van der Waals surface area contributed by atoms with Crippen LogP contribution in [0.3, 0.4) is 0 Å². The summed E-state index contributed by atoms with van der Waals surface area (Å²) in [5.41, 5.74) is 4.62. The van der Waals surface area contributed by atoms with Crippen LogP contribution in [0.5, 0.6) is 5.75 Å². The molecule has 1 amide bonds. The van der Waals surface area contributed by atoms with Crippen molar-refractivity contribution in [3.8, 4) is 5.75 Å². The summed E-state index contributed by atoms with van der Waals surface area (Å²) in [4.78, 5) is 24.6. The van der Waals surface area contributed by atoms with Gasteiger partial charge in [-0.3, -0.25) is 4.79 Å². The van der Waals surface area contributed by atoms with Crippen molar-refractivity contribution in [2.24, 2.45) is 0 Å². The third-order valence-corrected chi connectivity index (χ3v) is 4.24. The van der Waals surface area contributed by atoms with Crippen molar-refractivity contribution in [2.45, 2.75) is 33.2 Å². The number of benzene rings is 2. The summed E-state index contributed by atoms with van der Waals surface area (Å²) >= 11 is 0. The van der Waals surface area contributed by atoms with Crippen LogP contribution in [0, 0.1) is 13.8 Å². The van der Waals surface area contributed by atoms with Gasteiger partial charge in [0.1, 0.15) is 5.75 Å². The molecule has 0 spiro atoms. The molecule has 0 aliphatic rings. The predicted octanol–water partition coefficient (Wildman–Crippen LogP) is 3.36. The van der Waals surface area contributed by atoms with E-state index in [0.29, 0.717) is 18.7 Å². The number of hydrogen-bond donors (Lipinski definition) is 1. The lowest BCUT2D eigenvalue weighted by Gasteiger charge is -2.18. The average molecular weight is 355 g/mol. The van der Waals surface area contributed by atoms with Crippen molar-refractivity contribution in [2.75, 3.05) is 13.7 Å². The van der Waals surface area contributed by atoms with Crippen molar-refractivity contribution >= 4 is 11.9 Å². The van der Waals surface area contributed by atoms with Crippen molar-refractivity contribution in [1.82, 2.24) is 4.90 Å². The Bertz CT molecular complexity index is 768. The van der Waals surface area contributed by atoms with Gasteiger partial charge in [-0.05, 0) is 49.1 Å². The molecule has 138 valence electrons. The Hall–Kier alpha value is -2.82. The highest BCUT2D eigenvalue weighted by molar-refractivity contribution is 5.76. The maximum Gasteiger partial charge on any atom is 0.341 e. The lowest BCUT2D eigenvalue weighted by atomic mass is 10.0. The van der Waals surface area contributed by atoms with Crippen molar-refractivity contribution in [3.05, 3.63) is 64.7 Å². The number of hydrogen-bond acceptors (Lipinski definition) is 3. The van der Waals surface area contributed by atoms with Gasteiger partial charge in [0.15, 0.2) is 6.61 Å². The van der Waals surface area contributed by atoms with Gasteiger partial charge < -0.3 is 14.7 Å². The molecule has 2 rings (SSSR count). The summed E-state index contributed by atoms with van der Waals surface area (Å²) in [6, 6.07) is 13.4. The van der Waals surface area contributed by atoms with E-state index in [2.05, 4.69) is 32.0 Å². The van der Waals surface area contributed by atoms with E-state index in [-0.39, 0.29) is 12.5 Å². The first-order chi connectivity index (χ1) is 12.3. The topological polar surface area (TPSA) is 66.8 Å². The van der Waals surface area contributed by atoms with Crippen LogP contribution in [0.15, 0.2) is 42.5 Å². The molecule has 0 saturated heterocycles. The lowest BCUT2D eigenvalue weighted by Crippen LogP contribution is -2.26. The molecule has 0 aliphatic heterocycles. The van der Waals surface area contributed by atoms with E-state index in [1.165, 1.54) is 16.7 Å². The van der Waals surface area contributed by atoms with Crippen LogP contribution >= 0.6 is 0 Å². The minimum Gasteiger partial charge on any atom is -0.482 e. The molecule has 5 heteroatoms. The first-order valence-electron chi connectivity index (χ1n) is 8.59. The molecule has 0 saturated carbocycles. The first-order valence-corrected chi connectivity index (χ1v) is 8.59. The molecule has 2 aromatic carbocycles. The third kappa shape index (κ3) is 5.92. The number of amides is 1. The fourth-order valence-corrected chi connectivity index (χ4v) is 2.76. The Morgan fingerprint density at radius 3 is 2.38 bits per heavy atom. The highest BCUT2D eigenvalue weighted by Crippen LogP contribution is 2.15. The second-order valence-electron chi connectivity index (χ2n) is 6.51. The Balaban J connectivity index is 1.85. The van der Waals surface area contributed by atoms with Gasteiger partial charge in [-0.2, -0.15) is 0 Å². The van der Waals surface area contributed by atoms with Crippen LogP contribution in [-0.4, -0.2) is 35.5 Å². The molecule has 0 heterocycles. The fourth-order valence-electron chi connectivity index (χ4n) is 2.76. The van der Waals surface area contributed by atoms with Crippen molar-refractivity contribution < 1.29 is 19.4 Å². The lowest BCUT2D eigenvalue weighted by molar-refractivity contribution is -0.139. The van der Waals surface area contributed by atoms with E-state index >= 15 is 0 Å². The normalized spacial score (nSPS) is 10.4. The van der Waals surface area contributed by atoms with E-state index in [0.717, 1.165) is 12.0 Å². The maximum absolute atomic E-state index is 12.4. The van der Waals surface area contributed by atoms with Crippen molar-refractivity contribution in [3.63, 3.8) is 0 Å². The number of carbonyl (C=O) groups excluding carboxylic acids is 1. The van der Waals surface area contributed by atoms with Gasteiger partial charge in [-0.1, -0.05) is 35.9 Å². The number of carboxylic acids is 1. The smallest absolute Gasteiger partial charge is 0.341 e. The van der Waals surface area contributed by atoms with E-state index < -0.39 is 5.97 Å². The molecule has 0 radical (unpaired) electrons. The van der Waals surface area contributed by atoms with Crippen LogP contribution in [-0.2, 0) is 22.6 Å². The molecule has 0 aliphatic carbocycles. The second-order valence-corrected chi connectivity index (χ2v) is 6.51. The Morgan fingerprint density at radius 2 is 1.77 bits per heavy atom. The number of carbonyl (C=O) groups is 2. The van der Waals surface area contributed by atoms with Crippen LogP contribution < -0.4 is 4.74 Å². The molecule has 0 aromatic heterocycles. The van der Waals surface area contributed by atoms with Crippen LogP contribution in [0.25, 0.3) is 0 Å². The van der Waals surface area contributed by atoms with Gasteiger partial charge in [0.25, 0.3) is 0 Å². The number of rotatable bonds is 8. The standard InChI is InChI=1S/C21H25NO4/c1-15-4-7-18(16(2)12-15)8-11-20(23)22(3)13-17-5-9-19(10-6-17)26-14-21(24)25/h4-7,9-10,12H,8,11,13-14H2,1-3H3,(H,24,25). The Labute approximate surface area is 154 Å². The fraction of sp³-hybridized carbons (Fsp3) is 0.333. The van der Waals surface area contributed by atoms with Gasteiger partial charge in [0, 0.05) is 20.0 Å². The summed E-state index contributed by atoms with van der Waals surface area (Å²) in [6.45, 7) is 4.28. The summed E-state index contributed by atoms with van der Waals surface area (Å²) in [5, 5.41) is 8.60. The maximum atomic E-state index is 12.4. The minimum absolute atomic E-state index is 0.0937. The zero-order valence-corrected chi connectivity index (χ0v) is 15.5. The van der Waals surface area contributed by atoms with E-state index in [9.17, 15) is 9.59 Å². The largest absolute Gasteiger partial charge is 0.482 e.